The third-order valence-electron chi connectivity index (χ3n) is 4.50. The molecule has 0 radical (unpaired) electrons. The third-order valence-corrected chi connectivity index (χ3v) is 4.50. The van der Waals surface area contributed by atoms with Crippen molar-refractivity contribution in [1.82, 2.24) is 10.6 Å². The first-order chi connectivity index (χ1) is 12.5. The van der Waals surface area contributed by atoms with Crippen LogP contribution in [0.5, 0.6) is 0 Å². The molecule has 1 unspecified atom stereocenters. The van der Waals surface area contributed by atoms with Crippen molar-refractivity contribution in [2.45, 2.75) is 52.5 Å². The van der Waals surface area contributed by atoms with Gasteiger partial charge >= 0.3 is 0 Å². The average Bonchev–Trinajstić information content (AvgIpc) is 2.60. The first-order valence-electron chi connectivity index (χ1n) is 9.48. The summed E-state index contributed by atoms with van der Waals surface area (Å²) in [4.78, 5) is 24.2. The van der Waals surface area contributed by atoms with Gasteiger partial charge in [0.2, 0.25) is 11.8 Å². The predicted molar refractivity (Wildman–Crippen MR) is 107 cm³/mol. The summed E-state index contributed by atoms with van der Waals surface area (Å²) < 4.78 is 0. The number of amides is 2. The Hall–Kier alpha value is -2.36. The summed E-state index contributed by atoms with van der Waals surface area (Å²) in [7, 11) is 0. The highest BCUT2D eigenvalue weighted by atomic mass is 16.2. The van der Waals surface area contributed by atoms with E-state index < -0.39 is 0 Å². The van der Waals surface area contributed by atoms with Gasteiger partial charge in [0.15, 0.2) is 0 Å². The minimum Gasteiger partial charge on any atom is -0.352 e. The van der Waals surface area contributed by atoms with Crippen molar-refractivity contribution >= 4 is 22.6 Å². The standard InChI is InChI=1S/C22H30N2O2/c1-16(2)8-6-9-17(3)24-22(26)15-23-21(25)14-19-12-7-11-18-10-4-5-13-20(18)19/h4-5,7,10-13,16-17H,6,8-9,14-15H2,1-3H3,(H,23,25)(H,24,26). The van der Waals surface area contributed by atoms with Gasteiger partial charge in [-0.15, -0.1) is 0 Å². The number of benzene rings is 2. The second-order valence-corrected chi connectivity index (χ2v) is 7.39. The van der Waals surface area contributed by atoms with Crippen LogP contribution in [0.15, 0.2) is 42.5 Å². The zero-order chi connectivity index (χ0) is 18.9. The number of hydrogen-bond donors (Lipinski definition) is 2. The third kappa shape index (κ3) is 6.51. The summed E-state index contributed by atoms with van der Waals surface area (Å²) in [5.41, 5.74) is 0.975. The Balaban J connectivity index is 1.76. The maximum Gasteiger partial charge on any atom is 0.239 e. The van der Waals surface area contributed by atoms with Crippen LogP contribution in [0.3, 0.4) is 0 Å². The van der Waals surface area contributed by atoms with Crippen LogP contribution in [0.2, 0.25) is 0 Å². The summed E-state index contributed by atoms with van der Waals surface area (Å²) in [6.07, 6.45) is 3.51. The van der Waals surface area contributed by atoms with Gasteiger partial charge in [-0.3, -0.25) is 9.59 Å². The quantitative estimate of drug-likeness (QED) is 0.719. The normalized spacial score (nSPS) is 12.2. The molecule has 0 aliphatic heterocycles. The molecule has 0 heterocycles. The number of hydrogen-bond acceptors (Lipinski definition) is 2. The molecule has 0 aromatic heterocycles. The highest BCUT2D eigenvalue weighted by molar-refractivity contribution is 5.91. The second-order valence-electron chi connectivity index (χ2n) is 7.39. The van der Waals surface area contributed by atoms with E-state index in [1.165, 1.54) is 6.42 Å². The van der Waals surface area contributed by atoms with Crippen molar-refractivity contribution in [3.8, 4) is 0 Å². The SMILES string of the molecule is CC(C)CCCC(C)NC(=O)CNC(=O)Cc1cccc2ccccc12. The molecule has 0 bridgehead atoms. The van der Waals surface area contributed by atoms with E-state index in [-0.39, 0.29) is 30.8 Å². The minimum atomic E-state index is -0.135. The molecule has 0 aliphatic carbocycles. The lowest BCUT2D eigenvalue weighted by Crippen LogP contribution is -2.41. The fraction of sp³-hybridized carbons (Fsp3) is 0.455. The first-order valence-corrected chi connectivity index (χ1v) is 9.48. The molecule has 4 heteroatoms. The first kappa shape index (κ1) is 20.0. The van der Waals surface area contributed by atoms with E-state index >= 15 is 0 Å². The Bertz CT molecular complexity index is 735. The fourth-order valence-electron chi connectivity index (χ4n) is 3.09. The molecule has 2 N–H and O–H groups in total. The van der Waals surface area contributed by atoms with Gasteiger partial charge in [0.25, 0.3) is 0 Å². The molecule has 2 aromatic carbocycles. The minimum absolute atomic E-state index is 0.0259. The van der Waals surface area contributed by atoms with Gasteiger partial charge in [-0.25, -0.2) is 0 Å². The van der Waals surface area contributed by atoms with Gasteiger partial charge in [-0.1, -0.05) is 69.2 Å². The van der Waals surface area contributed by atoms with Gasteiger partial charge in [-0.05, 0) is 35.6 Å². The monoisotopic (exact) mass is 354 g/mol. The summed E-state index contributed by atoms with van der Waals surface area (Å²) in [6, 6.07) is 14.1. The van der Waals surface area contributed by atoms with Crippen LogP contribution in [-0.2, 0) is 16.0 Å². The van der Waals surface area contributed by atoms with Crippen LogP contribution < -0.4 is 10.6 Å². The maximum absolute atomic E-state index is 12.2. The largest absolute Gasteiger partial charge is 0.352 e. The molecule has 2 amide bonds. The molecule has 0 saturated carbocycles. The number of carbonyl (C=O) groups is 2. The van der Waals surface area contributed by atoms with E-state index in [4.69, 9.17) is 0 Å². The molecular formula is C22H30N2O2. The van der Waals surface area contributed by atoms with E-state index in [1.807, 2.05) is 49.4 Å². The molecule has 0 saturated heterocycles. The van der Waals surface area contributed by atoms with Gasteiger partial charge in [0.05, 0.1) is 13.0 Å². The molecular weight excluding hydrogens is 324 g/mol. The Morgan fingerprint density at radius 3 is 2.42 bits per heavy atom. The topological polar surface area (TPSA) is 58.2 Å². The summed E-state index contributed by atoms with van der Waals surface area (Å²) >= 11 is 0. The van der Waals surface area contributed by atoms with Crippen molar-refractivity contribution in [3.63, 3.8) is 0 Å². The molecule has 26 heavy (non-hydrogen) atoms. The summed E-state index contributed by atoms with van der Waals surface area (Å²) in [5.74, 6) is 0.420. The van der Waals surface area contributed by atoms with E-state index in [0.717, 1.165) is 29.2 Å². The smallest absolute Gasteiger partial charge is 0.239 e. The second kappa shape index (κ2) is 9.95. The van der Waals surface area contributed by atoms with Crippen LogP contribution in [0, 0.1) is 5.92 Å². The Kier molecular flexibility index (Phi) is 7.64. The van der Waals surface area contributed by atoms with Crippen LogP contribution in [0.4, 0.5) is 0 Å². The van der Waals surface area contributed by atoms with Gasteiger partial charge < -0.3 is 10.6 Å². The Morgan fingerprint density at radius 1 is 0.923 bits per heavy atom. The van der Waals surface area contributed by atoms with Crippen molar-refractivity contribution < 1.29 is 9.59 Å². The zero-order valence-electron chi connectivity index (χ0n) is 16.0. The molecule has 0 aliphatic rings. The molecule has 2 rings (SSSR count). The lowest BCUT2D eigenvalue weighted by Gasteiger charge is -2.15. The molecule has 0 fully saturated rings. The van der Waals surface area contributed by atoms with E-state index in [2.05, 4.69) is 24.5 Å². The molecule has 4 nitrogen and oxygen atoms in total. The van der Waals surface area contributed by atoms with E-state index in [9.17, 15) is 9.59 Å². The van der Waals surface area contributed by atoms with Crippen molar-refractivity contribution in [2.24, 2.45) is 5.92 Å². The summed E-state index contributed by atoms with van der Waals surface area (Å²) in [6.45, 7) is 6.44. The van der Waals surface area contributed by atoms with E-state index in [0.29, 0.717) is 5.92 Å². The molecule has 2 aromatic rings. The Labute approximate surface area is 156 Å². The zero-order valence-corrected chi connectivity index (χ0v) is 16.0. The Morgan fingerprint density at radius 2 is 1.65 bits per heavy atom. The van der Waals surface area contributed by atoms with Crippen molar-refractivity contribution in [1.29, 1.82) is 0 Å². The molecule has 1 atom stereocenters. The van der Waals surface area contributed by atoms with Crippen molar-refractivity contribution in [2.75, 3.05) is 6.54 Å². The van der Waals surface area contributed by atoms with Gasteiger partial charge in [0, 0.05) is 6.04 Å². The fourth-order valence-corrected chi connectivity index (χ4v) is 3.09. The average molecular weight is 354 g/mol. The van der Waals surface area contributed by atoms with Gasteiger partial charge in [0.1, 0.15) is 0 Å². The van der Waals surface area contributed by atoms with Gasteiger partial charge in [-0.2, -0.15) is 0 Å². The van der Waals surface area contributed by atoms with Crippen LogP contribution in [-0.4, -0.2) is 24.4 Å². The van der Waals surface area contributed by atoms with Crippen LogP contribution in [0.1, 0.15) is 45.6 Å². The van der Waals surface area contributed by atoms with Crippen LogP contribution >= 0.6 is 0 Å². The highest BCUT2D eigenvalue weighted by Gasteiger charge is 2.11. The predicted octanol–water partition coefficient (Wildman–Crippen LogP) is 3.83. The summed E-state index contributed by atoms with van der Waals surface area (Å²) in [5, 5.41) is 7.87. The number of carbonyl (C=O) groups excluding carboxylic acids is 2. The van der Waals surface area contributed by atoms with Crippen LogP contribution in [0.25, 0.3) is 10.8 Å². The maximum atomic E-state index is 12.2. The highest BCUT2D eigenvalue weighted by Crippen LogP contribution is 2.18. The lowest BCUT2D eigenvalue weighted by molar-refractivity contribution is -0.126. The number of fused-ring (bicyclic) bond motifs is 1. The molecule has 140 valence electrons. The number of nitrogens with one attached hydrogen (secondary N) is 2. The van der Waals surface area contributed by atoms with E-state index in [1.54, 1.807) is 0 Å². The van der Waals surface area contributed by atoms with Crippen molar-refractivity contribution in [3.05, 3.63) is 48.0 Å². The lowest BCUT2D eigenvalue weighted by atomic mass is 10.0. The molecule has 0 spiro atoms. The number of rotatable bonds is 9.